The SMILES string of the molecule is COC(=O)[C@@H]1C(Cl)CC(Cl)N1S(=O)(=O)c1ccccc1. The lowest BCUT2D eigenvalue weighted by Crippen LogP contribution is -2.46. The second kappa shape index (κ2) is 5.89. The molecule has 2 unspecified atom stereocenters. The van der Waals surface area contributed by atoms with E-state index in [-0.39, 0.29) is 11.3 Å². The second-order valence-corrected chi connectivity index (χ2v) is 7.21. The van der Waals surface area contributed by atoms with Crippen LogP contribution in [0.1, 0.15) is 6.42 Å². The largest absolute Gasteiger partial charge is 0.468 e. The Hall–Kier alpha value is -0.820. The van der Waals surface area contributed by atoms with Crippen molar-refractivity contribution in [2.45, 2.75) is 28.2 Å². The molecular formula is C12H13Cl2NO4S. The number of benzene rings is 1. The molecule has 110 valence electrons. The van der Waals surface area contributed by atoms with E-state index in [1.54, 1.807) is 18.2 Å². The molecule has 8 heteroatoms. The van der Waals surface area contributed by atoms with Crippen LogP contribution in [0.5, 0.6) is 0 Å². The van der Waals surface area contributed by atoms with Crippen LogP contribution in [-0.2, 0) is 19.6 Å². The number of hydrogen-bond donors (Lipinski definition) is 0. The van der Waals surface area contributed by atoms with Crippen LogP contribution in [0.2, 0.25) is 0 Å². The molecule has 1 heterocycles. The number of ether oxygens (including phenoxy) is 1. The Kier molecular flexibility index (Phi) is 4.59. The number of sulfonamides is 1. The molecule has 0 saturated carbocycles. The molecule has 1 fully saturated rings. The first-order valence-electron chi connectivity index (χ1n) is 5.84. The summed E-state index contributed by atoms with van der Waals surface area (Å²) in [5.74, 6) is -0.715. The molecule has 1 aliphatic rings. The fourth-order valence-corrected chi connectivity index (χ4v) is 4.98. The highest BCUT2D eigenvalue weighted by molar-refractivity contribution is 7.89. The van der Waals surface area contributed by atoms with Crippen molar-refractivity contribution in [3.8, 4) is 0 Å². The summed E-state index contributed by atoms with van der Waals surface area (Å²) in [4.78, 5) is 11.8. The molecule has 1 aliphatic heterocycles. The molecule has 0 spiro atoms. The molecule has 2 rings (SSSR count). The highest BCUT2D eigenvalue weighted by Gasteiger charge is 2.50. The third-order valence-corrected chi connectivity index (χ3v) is 5.90. The third kappa shape index (κ3) is 2.65. The van der Waals surface area contributed by atoms with Gasteiger partial charge in [-0.15, -0.1) is 23.2 Å². The van der Waals surface area contributed by atoms with E-state index in [9.17, 15) is 13.2 Å². The van der Waals surface area contributed by atoms with Crippen LogP contribution >= 0.6 is 23.2 Å². The van der Waals surface area contributed by atoms with Crippen LogP contribution in [-0.4, -0.2) is 42.7 Å². The first kappa shape index (κ1) is 15.6. The second-order valence-electron chi connectivity index (χ2n) is 4.30. The Bertz CT molecular complexity index is 593. The quantitative estimate of drug-likeness (QED) is 0.479. The van der Waals surface area contributed by atoms with Gasteiger partial charge in [-0.05, 0) is 18.6 Å². The van der Waals surface area contributed by atoms with E-state index in [2.05, 4.69) is 4.74 Å². The monoisotopic (exact) mass is 337 g/mol. The Labute approximate surface area is 127 Å². The van der Waals surface area contributed by atoms with Crippen molar-refractivity contribution in [3.05, 3.63) is 30.3 Å². The first-order chi connectivity index (χ1) is 9.39. The number of carbonyl (C=O) groups is 1. The van der Waals surface area contributed by atoms with Crippen molar-refractivity contribution in [1.29, 1.82) is 0 Å². The van der Waals surface area contributed by atoms with Crippen molar-refractivity contribution in [1.82, 2.24) is 4.31 Å². The molecule has 20 heavy (non-hydrogen) atoms. The van der Waals surface area contributed by atoms with Gasteiger partial charge in [-0.3, -0.25) is 4.79 Å². The smallest absolute Gasteiger partial charge is 0.325 e. The van der Waals surface area contributed by atoms with Crippen LogP contribution in [0, 0.1) is 0 Å². The zero-order valence-corrected chi connectivity index (χ0v) is 12.9. The summed E-state index contributed by atoms with van der Waals surface area (Å²) in [7, 11) is -2.73. The number of nitrogens with zero attached hydrogens (tertiary/aromatic N) is 1. The predicted octanol–water partition coefficient (Wildman–Crippen LogP) is 1.79. The van der Waals surface area contributed by atoms with Gasteiger partial charge in [0, 0.05) is 0 Å². The summed E-state index contributed by atoms with van der Waals surface area (Å²) in [5, 5.41) is -0.719. The molecule has 0 radical (unpaired) electrons. The minimum atomic E-state index is -3.91. The molecule has 0 N–H and O–H groups in total. The average molecular weight is 338 g/mol. The molecule has 0 amide bonds. The van der Waals surface area contributed by atoms with E-state index >= 15 is 0 Å². The van der Waals surface area contributed by atoms with E-state index in [0.29, 0.717) is 0 Å². The zero-order valence-electron chi connectivity index (χ0n) is 10.6. The summed E-state index contributed by atoms with van der Waals surface area (Å²) < 4.78 is 30.7. The maximum Gasteiger partial charge on any atom is 0.325 e. The number of alkyl halides is 2. The summed E-state index contributed by atoms with van der Waals surface area (Å²) in [6, 6.07) is 6.65. The van der Waals surface area contributed by atoms with E-state index in [1.807, 2.05) is 0 Å². The number of hydrogen-bond acceptors (Lipinski definition) is 4. The van der Waals surface area contributed by atoms with E-state index in [4.69, 9.17) is 23.2 Å². The van der Waals surface area contributed by atoms with Gasteiger partial charge in [-0.25, -0.2) is 8.42 Å². The Morgan fingerprint density at radius 1 is 1.30 bits per heavy atom. The number of carbonyl (C=O) groups excluding carboxylic acids is 1. The van der Waals surface area contributed by atoms with Crippen molar-refractivity contribution in [3.63, 3.8) is 0 Å². The summed E-state index contributed by atoms with van der Waals surface area (Å²) in [6.07, 6.45) is 0.176. The molecule has 1 saturated heterocycles. The van der Waals surface area contributed by atoms with Crippen LogP contribution < -0.4 is 0 Å². The van der Waals surface area contributed by atoms with Gasteiger partial charge in [0.1, 0.15) is 11.5 Å². The minimum Gasteiger partial charge on any atom is -0.468 e. The molecule has 1 aromatic rings. The normalized spacial score (nSPS) is 27.4. The fraction of sp³-hybridized carbons (Fsp3) is 0.417. The highest BCUT2D eigenvalue weighted by atomic mass is 35.5. The number of rotatable bonds is 3. The lowest BCUT2D eigenvalue weighted by molar-refractivity contribution is -0.144. The van der Waals surface area contributed by atoms with Crippen molar-refractivity contribution in [2.75, 3.05) is 7.11 Å². The fourth-order valence-electron chi connectivity index (χ4n) is 2.14. The van der Waals surface area contributed by atoms with E-state index < -0.39 is 32.9 Å². The van der Waals surface area contributed by atoms with Crippen molar-refractivity contribution < 1.29 is 17.9 Å². The van der Waals surface area contributed by atoms with Crippen LogP contribution in [0.25, 0.3) is 0 Å². The molecule has 0 aliphatic carbocycles. The van der Waals surface area contributed by atoms with Gasteiger partial charge in [0.05, 0.1) is 17.4 Å². The van der Waals surface area contributed by atoms with Gasteiger partial charge in [0.2, 0.25) is 10.0 Å². The van der Waals surface area contributed by atoms with Gasteiger partial charge >= 0.3 is 5.97 Å². The Morgan fingerprint density at radius 2 is 1.90 bits per heavy atom. The molecule has 3 atom stereocenters. The molecule has 5 nitrogen and oxygen atoms in total. The van der Waals surface area contributed by atoms with Gasteiger partial charge in [0.15, 0.2) is 0 Å². The number of esters is 1. The topological polar surface area (TPSA) is 63.7 Å². The lowest BCUT2D eigenvalue weighted by atomic mass is 10.2. The molecule has 0 bridgehead atoms. The van der Waals surface area contributed by atoms with Gasteiger partial charge < -0.3 is 4.74 Å². The lowest BCUT2D eigenvalue weighted by Gasteiger charge is -2.25. The summed E-state index contributed by atoms with van der Waals surface area (Å²) in [5.41, 5.74) is -0.883. The number of methoxy groups -OCH3 is 1. The Balaban J connectivity index is 2.46. The first-order valence-corrected chi connectivity index (χ1v) is 8.15. The molecule has 0 aromatic heterocycles. The highest BCUT2D eigenvalue weighted by Crippen LogP contribution is 2.36. The van der Waals surface area contributed by atoms with E-state index in [1.165, 1.54) is 19.2 Å². The Morgan fingerprint density at radius 3 is 2.45 bits per heavy atom. The summed E-state index contributed by atoms with van der Waals surface area (Å²) in [6.45, 7) is 0. The number of halogens is 2. The minimum absolute atomic E-state index is 0.0605. The molecule has 1 aromatic carbocycles. The maximum absolute atomic E-state index is 12.6. The van der Waals surface area contributed by atoms with Gasteiger partial charge in [-0.1, -0.05) is 18.2 Å². The van der Waals surface area contributed by atoms with Crippen molar-refractivity contribution >= 4 is 39.2 Å². The maximum atomic E-state index is 12.6. The standard InChI is InChI=1S/C12H13Cl2NO4S/c1-19-12(16)11-9(13)7-10(14)15(11)20(17,18)8-5-3-2-4-6-8/h2-6,9-11H,7H2,1H3/t9?,10?,11-/m0/s1. The van der Waals surface area contributed by atoms with Gasteiger partial charge in [0.25, 0.3) is 0 Å². The van der Waals surface area contributed by atoms with Crippen LogP contribution in [0.4, 0.5) is 0 Å². The predicted molar refractivity (Wildman–Crippen MR) is 75.2 cm³/mol. The van der Waals surface area contributed by atoms with E-state index in [0.717, 1.165) is 4.31 Å². The van der Waals surface area contributed by atoms with Crippen molar-refractivity contribution in [2.24, 2.45) is 0 Å². The van der Waals surface area contributed by atoms with Crippen LogP contribution in [0.15, 0.2) is 35.2 Å². The van der Waals surface area contributed by atoms with Gasteiger partial charge in [-0.2, -0.15) is 4.31 Å². The average Bonchev–Trinajstić information content (AvgIpc) is 2.74. The molecular weight excluding hydrogens is 325 g/mol. The van der Waals surface area contributed by atoms with Crippen LogP contribution in [0.3, 0.4) is 0 Å². The zero-order chi connectivity index (χ0) is 14.9. The third-order valence-electron chi connectivity index (χ3n) is 3.07. The summed E-state index contributed by atoms with van der Waals surface area (Å²) >= 11 is 12.1.